The van der Waals surface area contributed by atoms with Crippen LogP contribution in [0.1, 0.15) is 32.1 Å². The Morgan fingerprint density at radius 3 is 2.86 bits per heavy atom. The molecular weight excluding hydrogens is 210 g/mol. The van der Waals surface area contributed by atoms with Gasteiger partial charge in [-0.25, -0.2) is 0 Å². The van der Waals surface area contributed by atoms with Crippen LogP contribution in [-0.2, 0) is 0 Å². The van der Waals surface area contributed by atoms with Gasteiger partial charge in [-0.3, -0.25) is 4.99 Å². The summed E-state index contributed by atoms with van der Waals surface area (Å²) in [5.74, 6) is 2.03. The molecule has 0 aromatic rings. The molecule has 2 rings (SSSR count). The van der Waals surface area contributed by atoms with Crippen LogP contribution < -0.4 is 0 Å². The van der Waals surface area contributed by atoms with Crippen LogP contribution in [0.4, 0.5) is 0 Å². The first kappa shape index (κ1) is 10.6. The molecule has 1 fully saturated rings. The van der Waals surface area contributed by atoms with Gasteiger partial charge in [-0.05, 0) is 24.2 Å². The first-order chi connectivity index (χ1) is 6.95. The lowest BCUT2D eigenvalue weighted by atomic mass is 9.90. The number of nitrogens with zero attached hydrogens (tertiary/aromatic N) is 1. The summed E-state index contributed by atoms with van der Waals surface area (Å²) in [6, 6.07) is 0. The number of hydrogen-bond acceptors (Lipinski definition) is 3. The van der Waals surface area contributed by atoms with E-state index in [1.807, 2.05) is 23.5 Å². The van der Waals surface area contributed by atoms with Gasteiger partial charge in [0.1, 0.15) is 4.38 Å². The van der Waals surface area contributed by atoms with Gasteiger partial charge in [0.25, 0.3) is 0 Å². The average Bonchev–Trinajstić information content (AvgIpc) is 2.72. The SMILES string of the molecule is C(=C\C1CCCCC1)/SC1=NCCS1. The highest BCUT2D eigenvalue weighted by Crippen LogP contribution is 2.27. The van der Waals surface area contributed by atoms with Crippen molar-refractivity contribution in [2.45, 2.75) is 32.1 Å². The third-order valence-electron chi connectivity index (χ3n) is 2.73. The fraction of sp³-hybridized carbons (Fsp3) is 0.727. The molecule has 78 valence electrons. The molecule has 2 aliphatic rings. The van der Waals surface area contributed by atoms with Crippen LogP contribution in [0.5, 0.6) is 0 Å². The van der Waals surface area contributed by atoms with E-state index in [2.05, 4.69) is 16.5 Å². The minimum Gasteiger partial charge on any atom is -0.271 e. The molecule has 0 atom stereocenters. The van der Waals surface area contributed by atoms with E-state index in [9.17, 15) is 0 Å². The number of rotatable bonds is 2. The number of allylic oxidation sites excluding steroid dienone is 1. The van der Waals surface area contributed by atoms with Crippen molar-refractivity contribution in [3.63, 3.8) is 0 Å². The number of aliphatic imine (C=N–C) groups is 1. The molecule has 0 spiro atoms. The van der Waals surface area contributed by atoms with Crippen molar-refractivity contribution < 1.29 is 0 Å². The lowest BCUT2D eigenvalue weighted by molar-refractivity contribution is 0.420. The highest BCUT2D eigenvalue weighted by atomic mass is 32.2. The van der Waals surface area contributed by atoms with Crippen molar-refractivity contribution >= 4 is 27.9 Å². The molecule has 0 amide bonds. The smallest absolute Gasteiger partial charge is 0.128 e. The molecule has 0 saturated heterocycles. The van der Waals surface area contributed by atoms with Crippen LogP contribution in [0.3, 0.4) is 0 Å². The van der Waals surface area contributed by atoms with Gasteiger partial charge in [0.2, 0.25) is 0 Å². The summed E-state index contributed by atoms with van der Waals surface area (Å²) in [5, 5.41) is 2.26. The van der Waals surface area contributed by atoms with Crippen molar-refractivity contribution in [3.8, 4) is 0 Å². The maximum absolute atomic E-state index is 4.41. The van der Waals surface area contributed by atoms with Gasteiger partial charge in [0, 0.05) is 5.75 Å². The Morgan fingerprint density at radius 2 is 2.14 bits per heavy atom. The number of hydrogen-bond donors (Lipinski definition) is 0. The molecule has 0 N–H and O–H groups in total. The molecular formula is C11H17NS2. The molecule has 1 aliphatic heterocycles. The molecule has 1 aliphatic carbocycles. The van der Waals surface area contributed by atoms with Crippen molar-refractivity contribution in [2.75, 3.05) is 12.3 Å². The van der Waals surface area contributed by atoms with Crippen molar-refractivity contribution in [2.24, 2.45) is 10.9 Å². The van der Waals surface area contributed by atoms with Crippen LogP contribution in [0, 0.1) is 5.92 Å². The molecule has 14 heavy (non-hydrogen) atoms. The highest BCUT2D eigenvalue weighted by Gasteiger charge is 2.10. The second-order valence-electron chi connectivity index (χ2n) is 3.84. The Kier molecular flexibility index (Phi) is 4.45. The lowest BCUT2D eigenvalue weighted by Crippen LogP contribution is -2.02. The topological polar surface area (TPSA) is 12.4 Å². The zero-order valence-electron chi connectivity index (χ0n) is 8.45. The Hall–Kier alpha value is 0.110. The summed E-state index contributed by atoms with van der Waals surface area (Å²) in [4.78, 5) is 4.41. The standard InChI is InChI=1S/C11H17NS2/c1-2-4-10(5-3-1)6-8-13-11-12-7-9-14-11/h6,8,10H,1-5,7,9H2/b8-6+. The van der Waals surface area contributed by atoms with Gasteiger partial charge >= 0.3 is 0 Å². The van der Waals surface area contributed by atoms with E-state index in [1.165, 1.54) is 42.2 Å². The first-order valence-corrected chi connectivity index (χ1v) is 7.32. The van der Waals surface area contributed by atoms with Crippen LogP contribution in [0.15, 0.2) is 16.5 Å². The second kappa shape index (κ2) is 5.86. The molecule has 1 saturated carbocycles. The molecule has 0 unspecified atom stereocenters. The number of thioether (sulfide) groups is 2. The zero-order chi connectivity index (χ0) is 9.64. The van der Waals surface area contributed by atoms with Crippen LogP contribution >= 0.6 is 23.5 Å². The van der Waals surface area contributed by atoms with Crippen LogP contribution in [0.25, 0.3) is 0 Å². The summed E-state index contributed by atoms with van der Waals surface area (Å²) in [7, 11) is 0. The molecule has 1 nitrogen and oxygen atoms in total. The predicted molar refractivity (Wildman–Crippen MR) is 68.1 cm³/mol. The summed E-state index contributed by atoms with van der Waals surface area (Å²) in [6.45, 7) is 1.02. The van der Waals surface area contributed by atoms with Gasteiger partial charge in [-0.15, -0.1) is 0 Å². The largest absolute Gasteiger partial charge is 0.271 e. The molecule has 0 aromatic heterocycles. The van der Waals surface area contributed by atoms with Crippen LogP contribution in [-0.4, -0.2) is 16.7 Å². The summed E-state index contributed by atoms with van der Waals surface area (Å²) in [6.07, 6.45) is 9.49. The van der Waals surface area contributed by atoms with Crippen molar-refractivity contribution in [1.82, 2.24) is 0 Å². The first-order valence-electron chi connectivity index (χ1n) is 5.46. The fourth-order valence-electron chi connectivity index (χ4n) is 1.92. The maximum atomic E-state index is 4.41. The minimum atomic E-state index is 0.850. The Morgan fingerprint density at radius 1 is 1.29 bits per heavy atom. The summed E-state index contributed by atoms with van der Waals surface area (Å²) in [5.41, 5.74) is 0. The van der Waals surface area contributed by atoms with Crippen molar-refractivity contribution in [3.05, 3.63) is 11.5 Å². The third-order valence-corrected chi connectivity index (χ3v) is 4.76. The quantitative estimate of drug-likeness (QED) is 0.709. The summed E-state index contributed by atoms with van der Waals surface area (Å²) >= 11 is 3.70. The Bertz CT molecular complexity index is 229. The van der Waals surface area contributed by atoms with E-state index >= 15 is 0 Å². The van der Waals surface area contributed by atoms with E-state index in [4.69, 9.17) is 0 Å². The predicted octanol–water partition coefficient (Wildman–Crippen LogP) is 3.92. The monoisotopic (exact) mass is 227 g/mol. The molecule has 0 bridgehead atoms. The average molecular weight is 227 g/mol. The fourth-order valence-corrected chi connectivity index (χ4v) is 3.73. The molecule has 0 aromatic carbocycles. The van der Waals surface area contributed by atoms with E-state index < -0.39 is 0 Å². The van der Waals surface area contributed by atoms with Gasteiger partial charge in [0.15, 0.2) is 0 Å². The van der Waals surface area contributed by atoms with E-state index in [0.717, 1.165) is 12.5 Å². The maximum Gasteiger partial charge on any atom is 0.128 e. The van der Waals surface area contributed by atoms with E-state index in [0.29, 0.717) is 0 Å². The van der Waals surface area contributed by atoms with Gasteiger partial charge in [-0.1, -0.05) is 48.9 Å². The zero-order valence-corrected chi connectivity index (χ0v) is 10.1. The molecule has 3 heteroatoms. The Labute approximate surface area is 94.8 Å². The lowest BCUT2D eigenvalue weighted by Gasteiger charge is -2.17. The van der Waals surface area contributed by atoms with E-state index in [-0.39, 0.29) is 0 Å². The third kappa shape index (κ3) is 3.35. The molecule has 0 radical (unpaired) electrons. The highest BCUT2D eigenvalue weighted by molar-refractivity contribution is 8.40. The van der Waals surface area contributed by atoms with Gasteiger partial charge < -0.3 is 0 Å². The van der Waals surface area contributed by atoms with Crippen molar-refractivity contribution in [1.29, 1.82) is 0 Å². The van der Waals surface area contributed by atoms with Gasteiger partial charge in [-0.2, -0.15) is 0 Å². The van der Waals surface area contributed by atoms with Gasteiger partial charge in [0.05, 0.1) is 6.54 Å². The molecule has 1 heterocycles. The second-order valence-corrected chi connectivity index (χ2v) is 6.08. The minimum absolute atomic E-state index is 0.850. The Balaban J connectivity index is 1.70. The van der Waals surface area contributed by atoms with E-state index in [1.54, 1.807) is 0 Å². The van der Waals surface area contributed by atoms with Crippen LogP contribution in [0.2, 0.25) is 0 Å². The normalized spacial score (nSPS) is 24.4. The summed E-state index contributed by atoms with van der Waals surface area (Å²) < 4.78 is 1.26.